The number of likely N-dealkylation sites (N-methyl/N-ethyl adjacent to an activating group) is 1. The number of halogens is 1. The van der Waals surface area contributed by atoms with Crippen LogP contribution in [0.25, 0.3) is 0 Å². The van der Waals surface area contributed by atoms with E-state index in [1.807, 2.05) is 0 Å². The number of nitrogens with zero attached hydrogens (tertiary/aromatic N) is 2. The summed E-state index contributed by atoms with van der Waals surface area (Å²) in [5.41, 5.74) is 0.262. The fraction of sp³-hybridized carbons (Fsp3) is 0.417. The molecule has 0 bridgehead atoms. The molecule has 0 spiro atoms. The Morgan fingerprint density at radius 3 is 2.78 bits per heavy atom. The van der Waals surface area contributed by atoms with Crippen LogP contribution in [-0.4, -0.2) is 41.3 Å². The van der Waals surface area contributed by atoms with E-state index in [2.05, 4.69) is 10.3 Å². The first-order valence-electron chi connectivity index (χ1n) is 5.72. The van der Waals surface area contributed by atoms with Crippen molar-refractivity contribution in [3.05, 3.63) is 29.8 Å². The fourth-order valence-electron chi connectivity index (χ4n) is 1.51. The Hall–Kier alpha value is -1.98. The van der Waals surface area contributed by atoms with Gasteiger partial charge in [0.1, 0.15) is 0 Å². The van der Waals surface area contributed by atoms with Crippen molar-refractivity contribution in [2.75, 3.05) is 13.6 Å². The van der Waals surface area contributed by atoms with Gasteiger partial charge < -0.3 is 10.2 Å². The van der Waals surface area contributed by atoms with Gasteiger partial charge in [0.2, 0.25) is 11.9 Å². The van der Waals surface area contributed by atoms with Crippen LogP contribution in [-0.2, 0) is 4.79 Å². The molecule has 18 heavy (non-hydrogen) atoms. The van der Waals surface area contributed by atoms with E-state index in [4.69, 9.17) is 0 Å². The molecular formula is C12H14FN3O2. The molecule has 0 saturated heterocycles. The van der Waals surface area contributed by atoms with Crippen molar-refractivity contribution in [2.24, 2.45) is 0 Å². The molecule has 2 rings (SSSR count). The average molecular weight is 251 g/mol. The molecule has 6 heteroatoms. The van der Waals surface area contributed by atoms with E-state index in [1.165, 1.54) is 18.0 Å². The summed E-state index contributed by atoms with van der Waals surface area (Å²) in [6, 6.07) is 2.74. The van der Waals surface area contributed by atoms with Crippen molar-refractivity contribution in [3.63, 3.8) is 0 Å². The maximum atomic E-state index is 12.6. The third kappa shape index (κ3) is 3.26. The SMILES string of the molecule is CN(CC(=O)NC1CC1)C(=O)c1ccc(F)nc1. The van der Waals surface area contributed by atoms with Crippen LogP contribution < -0.4 is 5.32 Å². The van der Waals surface area contributed by atoms with Gasteiger partial charge in [0.15, 0.2) is 0 Å². The van der Waals surface area contributed by atoms with Crippen LogP contribution in [0.2, 0.25) is 0 Å². The number of amides is 2. The first-order chi connectivity index (χ1) is 8.56. The molecule has 2 amide bonds. The number of pyridine rings is 1. The van der Waals surface area contributed by atoms with Crippen LogP contribution in [0.15, 0.2) is 18.3 Å². The standard InChI is InChI=1S/C12H14FN3O2/c1-16(7-11(17)15-9-3-4-9)12(18)8-2-5-10(13)14-6-8/h2,5-6,9H,3-4,7H2,1H3,(H,15,17). The number of rotatable bonds is 4. The van der Waals surface area contributed by atoms with E-state index in [1.54, 1.807) is 0 Å². The van der Waals surface area contributed by atoms with Crippen LogP contribution >= 0.6 is 0 Å². The molecule has 0 aromatic carbocycles. The van der Waals surface area contributed by atoms with Crippen molar-refractivity contribution < 1.29 is 14.0 Å². The topological polar surface area (TPSA) is 62.3 Å². The van der Waals surface area contributed by atoms with E-state index < -0.39 is 5.95 Å². The summed E-state index contributed by atoms with van der Waals surface area (Å²) in [5.74, 6) is -1.17. The third-order valence-electron chi connectivity index (χ3n) is 2.64. The summed E-state index contributed by atoms with van der Waals surface area (Å²) in [4.78, 5) is 28.1. The largest absolute Gasteiger partial charge is 0.352 e. The van der Waals surface area contributed by atoms with Crippen molar-refractivity contribution in [1.82, 2.24) is 15.2 Å². The van der Waals surface area contributed by atoms with E-state index in [0.29, 0.717) is 0 Å². The molecule has 0 unspecified atom stereocenters. The zero-order valence-corrected chi connectivity index (χ0v) is 10.0. The number of carbonyl (C=O) groups excluding carboxylic acids is 2. The Morgan fingerprint density at radius 2 is 2.22 bits per heavy atom. The summed E-state index contributed by atoms with van der Waals surface area (Å²) in [5, 5.41) is 2.79. The van der Waals surface area contributed by atoms with Gasteiger partial charge in [-0.05, 0) is 25.0 Å². The van der Waals surface area contributed by atoms with Gasteiger partial charge in [0, 0.05) is 19.3 Å². The molecular weight excluding hydrogens is 237 g/mol. The summed E-state index contributed by atoms with van der Waals surface area (Å²) in [7, 11) is 1.53. The van der Waals surface area contributed by atoms with E-state index in [0.717, 1.165) is 25.1 Å². The first kappa shape index (κ1) is 12.5. The molecule has 1 fully saturated rings. The second-order valence-corrected chi connectivity index (χ2v) is 4.37. The van der Waals surface area contributed by atoms with Gasteiger partial charge in [0.25, 0.3) is 5.91 Å². The number of hydrogen-bond donors (Lipinski definition) is 1. The minimum Gasteiger partial charge on any atom is -0.352 e. The lowest BCUT2D eigenvalue weighted by atomic mass is 10.2. The van der Waals surface area contributed by atoms with Crippen molar-refractivity contribution in [1.29, 1.82) is 0 Å². The van der Waals surface area contributed by atoms with Gasteiger partial charge in [0.05, 0.1) is 12.1 Å². The second kappa shape index (κ2) is 5.12. The molecule has 0 atom stereocenters. The quantitative estimate of drug-likeness (QED) is 0.796. The zero-order valence-electron chi connectivity index (χ0n) is 10.0. The molecule has 1 aromatic rings. The average Bonchev–Trinajstić information content (AvgIpc) is 3.12. The Bertz CT molecular complexity index is 457. The van der Waals surface area contributed by atoms with Crippen LogP contribution in [0.5, 0.6) is 0 Å². The Kier molecular flexibility index (Phi) is 3.55. The lowest BCUT2D eigenvalue weighted by molar-refractivity contribution is -0.121. The van der Waals surface area contributed by atoms with E-state index >= 15 is 0 Å². The van der Waals surface area contributed by atoms with Gasteiger partial charge in [-0.25, -0.2) is 4.98 Å². The van der Waals surface area contributed by atoms with Crippen LogP contribution in [0.3, 0.4) is 0 Å². The lowest BCUT2D eigenvalue weighted by Crippen LogP contribution is -2.39. The first-order valence-corrected chi connectivity index (χ1v) is 5.72. The maximum absolute atomic E-state index is 12.6. The minimum atomic E-state index is -0.638. The second-order valence-electron chi connectivity index (χ2n) is 4.37. The molecule has 1 heterocycles. The monoisotopic (exact) mass is 251 g/mol. The maximum Gasteiger partial charge on any atom is 0.255 e. The summed E-state index contributed by atoms with van der Waals surface area (Å²) in [6.07, 6.45) is 3.17. The lowest BCUT2D eigenvalue weighted by Gasteiger charge is -2.16. The summed E-state index contributed by atoms with van der Waals surface area (Å²) >= 11 is 0. The molecule has 0 radical (unpaired) electrons. The van der Waals surface area contributed by atoms with Crippen LogP contribution in [0.4, 0.5) is 4.39 Å². The van der Waals surface area contributed by atoms with Gasteiger partial charge in [-0.15, -0.1) is 0 Å². The van der Waals surface area contributed by atoms with Gasteiger partial charge in [-0.1, -0.05) is 0 Å². The van der Waals surface area contributed by atoms with Gasteiger partial charge in [-0.3, -0.25) is 9.59 Å². The number of nitrogens with one attached hydrogen (secondary N) is 1. The summed E-state index contributed by atoms with van der Waals surface area (Å²) < 4.78 is 12.6. The van der Waals surface area contributed by atoms with Crippen LogP contribution in [0.1, 0.15) is 23.2 Å². The number of carbonyl (C=O) groups is 2. The minimum absolute atomic E-state index is 0.00723. The smallest absolute Gasteiger partial charge is 0.255 e. The predicted octanol–water partition coefficient (Wildman–Crippen LogP) is 0.571. The highest BCUT2D eigenvalue weighted by atomic mass is 19.1. The van der Waals surface area contributed by atoms with Crippen molar-refractivity contribution in [2.45, 2.75) is 18.9 Å². The molecule has 5 nitrogen and oxygen atoms in total. The molecule has 1 saturated carbocycles. The zero-order chi connectivity index (χ0) is 13.1. The third-order valence-corrected chi connectivity index (χ3v) is 2.64. The highest BCUT2D eigenvalue weighted by Crippen LogP contribution is 2.18. The Labute approximate surface area is 104 Å². The highest BCUT2D eigenvalue weighted by Gasteiger charge is 2.24. The number of hydrogen-bond acceptors (Lipinski definition) is 3. The van der Waals surface area contributed by atoms with E-state index in [9.17, 15) is 14.0 Å². The van der Waals surface area contributed by atoms with Gasteiger partial charge >= 0.3 is 0 Å². The Morgan fingerprint density at radius 1 is 1.50 bits per heavy atom. The summed E-state index contributed by atoms with van der Waals surface area (Å²) in [6.45, 7) is -0.00723. The molecule has 96 valence electrons. The van der Waals surface area contributed by atoms with Crippen LogP contribution in [0, 0.1) is 5.95 Å². The highest BCUT2D eigenvalue weighted by molar-refractivity contribution is 5.96. The van der Waals surface area contributed by atoms with Crippen molar-refractivity contribution in [3.8, 4) is 0 Å². The number of aromatic nitrogens is 1. The molecule has 1 aromatic heterocycles. The van der Waals surface area contributed by atoms with Gasteiger partial charge in [-0.2, -0.15) is 4.39 Å². The molecule has 1 N–H and O–H groups in total. The molecule has 0 aliphatic heterocycles. The molecule has 1 aliphatic rings. The van der Waals surface area contributed by atoms with E-state index in [-0.39, 0.29) is 30.0 Å². The Balaban J connectivity index is 1.90. The molecule has 1 aliphatic carbocycles. The van der Waals surface area contributed by atoms with Crippen molar-refractivity contribution >= 4 is 11.8 Å². The predicted molar refractivity (Wildman–Crippen MR) is 62.3 cm³/mol. The fourth-order valence-corrected chi connectivity index (χ4v) is 1.51. The normalized spacial score (nSPS) is 14.1.